The van der Waals surface area contributed by atoms with Crippen molar-refractivity contribution >= 4 is 17.9 Å². The van der Waals surface area contributed by atoms with E-state index in [1.165, 1.54) is 43.6 Å². The first kappa shape index (κ1) is 18.1. The zero-order valence-electron chi connectivity index (χ0n) is 15.6. The molecule has 0 radical (unpaired) electrons. The monoisotopic (exact) mass is 359 g/mol. The highest BCUT2D eigenvalue weighted by Gasteiger charge is 2.15. The van der Waals surface area contributed by atoms with Crippen LogP contribution in [0.2, 0.25) is 0 Å². The van der Waals surface area contributed by atoms with Gasteiger partial charge in [-0.05, 0) is 64.0 Å². The van der Waals surface area contributed by atoms with Crippen molar-refractivity contribution in [2.75, 3.05) is 25.0 Å². The Kier molecular flexibility index (Phi) is 5.91. The van der Waals surface area contributed by atoms with Gasteiger partial charge in [-0.25, -0.2) is 4.68 Å². The Morgan fingerprint density at radius 2 is 1.88 bits per heavy atom. The van der Waals surface area contributed by atoms with Gasteiger partial charge in [0.2, 0.25) is 0 Å². The number of rotatable bonds is 6. The van der Waals surface area contributed by atoms with E-state index in [4.69, 9.17) is 12.2 Å². The Morgan fingerprint density at radius 1 is 1.16 bits per heavy atom. The van der Waals surface area contributed by atoms with E-state index in [1.807, 2.05) is 15.6 Å². The Labute approximate surface area is 155 Å². The number of anilines is 1. The Hall–Kier alpha value is -1.66. The maximum Gasteiger partial charge on any atom is 0.199 e. The standard InChI is InChI=1S/C19H29N5S/c1-16(2)23-14-20-24(19(23)25)15-21(3)13-17-9-5-6-10-18(17)22-11-7-4-8-12-22/h5-6,9-10,14,16H,4,7-8,11-13,15H2,1-3H3. The van der Waals surface area contributed by atoms with Crippen LogP contribution in [-0.2, 0) is 13.2 Å². The van der Waals surface area contributed by atoms with Crippen molar-refractivity contribution in [2.24, 2.45) is 0 Å². The largest absolute Gasteiger partial charge is 0.371 e. The van der Waals surface area contributed by atoms with Crippen LogP contribution in [0.5, 0.6) is 0 Å². The lowest BCUT2D eigenvalue weighted by molar-refractivity contribution is 0.243. The third-order valence-electron chi connectivity index (χ3n) is 4.82. The summed E-state index contributed by atoms with van der Waals surface area (Å²) in [5.41, 5.74) is 2.76. The molecule has 1 aromatic heterocycles. The summed E-state index contributed by atoms with van der Waals surface area (Å²) >= 11 is 5.54. The first-order chi connectivity index (χ1) is 12.1. The highest BCUT2D eigenvalue weighted by Crippen LogP contribution is 2.25. The Balaban J connectivity index is 1.71. The van der Waals surface area contributed by atoms with Crippen molar-refractivity contribution in [1.82, 2.24) is 19.2 Å². The zero-order chi connectivity index (χ0) is 17.8. The number of aromatic nitrogens is 3. The average Bonchev–Trinajstić information content (AvgIpc) is 2.97. The highest BCUT2D eigenvalue weighted by molar-refractivity contribution is 7.71. The van der Waals surface area contributed by atoms with Gasteiger partial charge in [0.15, 0.2) is 4.77 Å². The van der Waals surface area contributed by atoms with Gasteiger partial charge in [-0.3, -0.25) is 4.90 Å². The minimum atomic E-state index is 0.339. The van der Waals surface area contributed by atoms with E-state index in [0.29, 0.717) is 12.7 Å². The second-order valence-corrected chi connectivity index (χ2v) is 7.61. The summed E-state index contributed by atoms with van der Waals surface area (Å²) in [6.07, 6.45) is 5.79. The molecule has 0 bridgehead atoms. The third kappa shape index (κ3) is 4.30. The van der Waals surface area contributed by atoms with Crippen molar-refractivity contribution in [3.05, 3.63) is 40.9 Å². The fraction of sp³-hybridized carbons (Fsp3) is 0.579. The molecule has 5 nitrogen and oxygen atoms in total. The van der Waals surface area contributed by atoms with Crippen molar-refractivity contribution < 1.29 is 0 Å². The van der Waals surface area contributed by atoms with Crippen LogP contribution < -0.4 is 4.90 Å². The molecule has 1 aliphatic rings. The van der Waals surface area contributed by atoms with E-state index < -0.39 is 0 Å². The van der Waals surface area contributed by atoms with Crippen LogP contribution in [0.4, 0.5) is 5.69 Å². The summed E-state index contributed by atoms with van der Waals surface area (Å²) in [5.74, 6) is 0. The summed E-state index contributed by atoms with van der Waals surface area (Å²) in [7, 11) is 2.13. The number of hydrogen-bond donors (Lipinski definition) is 0. The molecule has 136 valence electrons. The van der Waals surface area contributed by atoms with E-state index in [2.05, 4.69) is 60.1 Å². The molecular weight excluding hydrogens is 330 g/mol. The van der Waals surface area contributed by atoms with Gasteiger partial charge in [0.1, 0.15) is 6.33 Å². The number of benzene rings is 1. The number of piperidine rings is 1. The quantitative estimate of drug-likeness (QED) is 0.727. The summed E-state index contributed by atoms with van der Waals surface area (Å²) in [4.78, 5) is 4.81. The number of para-hydroxylation sites is 1. The van der Waals surface area contributed by atoms with E-state index in [9.17, 15) is 0 Å². The van der Waals surface area contributed by atoms with Crippen LogP contribution in [0.3, 0.4) is 0 Å². The van der Waals surface area contributed by atoms with Crippen LogP contribution in [-0.4, -0.2) is 39.4 Å². The Bertz CT molecular complexity index is 742. The molecule has 1 saturated heterocycles. The van der Waals surface area contributed by atoms with Gasteiger partial charge in [0.05, 0.1) is 6.67 Å². The lowest BCUT2D eigenvalue weighted by Crippen LogP contribution is -2.31. The highest BCUT2D eigenvalue weighted by atomic mass is 32.1. The molecule has 1 aromatic carbocycles. The molecule has 25 heavy (non-hydrogen) atoms. The van der Waals surface area contributed by atoms with Gasteiger partial charge in [-0.2, -0.15) is 5.10 Å². The van der Waals surface area contributed by atoms with Gasteiger partial charge >= 0.3 is 0 Å². The second-order valence-electron chi connectivity index (χ2n) is 7.25. The third-order valence-corrected chi connectivity index (χ3v) is 5.24. The predicted molar refractivity (Wildman–Crippen MR) is 105 cm³/mol. The molecule has 0 unspecified atom stereocenters. The molecule has 0 spiro atoms. The summed E-state index contributed by atoms with van der Waals surface area (Å²) in [5, 5.41) is 4.45. The number of hydrogen-bond acceptors (Lipinski definition) is 4. The fourth-order valence-corrected chi connectivity index (χ4v) is 3.82. The molecule has 1 aliphatic heterocycles. The van der Waals surface area contributed by atoms with Crippen molar-refractivity contribution in [2.45, 2.75) is 52.4 Å². The minimum absolute atomic E-state index is 0.339. The van der Waals surface area contributed by atoms with Crippen LogP contribution in [0.15, 0.2) is 30.6 Å². The first-order valence-corrected chi connectivity index (χ1v) is 9.62. The van der Waals surface area contributed by atoms with E-state index in [0.717, 1.165) is 11.3 Å². The first-order valence-electron chi connectivity index (χ1n) is 9.21. The van der Waals surface area contributed by atoms with Gasteiger partial charge in [-0.1, -0.05) is 18.2 Å². The van der Waals surface area contributed by atoms with Crippen LogP contribution in [0, 0.1) is 4.77 Å². The predicted octanol–water partition coefficient (Wildman–Crippen LogP) is 4.07. The average molecular weight is 360 g/mol. The smallest absolute Gasteiger partial charge is 0.199 e. The summed E-state index contributed by atoms with van der Waals surface area (Å²) in [6, 6.07) is 9.12. The van der Waals surface area contributed by atoms with E-state index >= 15 is 0 Å². The molecule has 0 saturated carbocycles. The van der Waals surface area contributed by atoms with E-state index in [-0.39, 0.29) is 0 Å². The maximum atomic E-state index is 5.54. The van der Waals surface area contributed by atoms with Gasteiger partial charge in [0, 0.05) is 31.4 Å². The van der Waals surface area contributed by atoms with Crippen molar-refractivity contribution in [1.29, 1.82) is 0 Å². The molecule has 6 heteroatoms. The molecule has 3 rings (SSSR count). The molecule has 2 aromatic rings. The topological polar surface area (TPSA) is 29.2 Å². The summed E-state index contributed by atoms with van der Waals surface area (Å²) < 4.78 is 4.72. The van der Waals surface area contributed by atoms with E-state index in [1.54, 1.807) is 0 Å². The van der Waals surface area contributed by atoms with Crippen molar-refractivity contribution in [3.8, 4) is 0 Å². The summed E-state index contributed by atoms with van der Waals surface area (Å²) in [6.45, 7) is 8.19. The molecule has 0 aliphatic carbocycles. The molecule has 2 heterocycles. The van der Waals surface area contributed by atoms with Crippen LogP contribution >= 0.6 is 12.2 Å². The van der Waals surface area contributed by atoms with Crippen molar-refractivity contribution in [3.63, 3.8) is 0 Å². The molecule has 0 atom stereocenters. The minimum Gasteiger partial charge on any atom is -0.371 e. The van der Waals surface area contributed by atoms with Gasteiger partial charge in [0.25, 0.3) is 0 Å². The molecule has 0 N–H and O–H groups in total. The maximum absolute atomic E-state index is 5.54. The normalized spacial score (nSPS) is 15.3. The Morgan fingerprint density at radius 3 is 2.56 bits per heavy atom. The molecular formula is C19H29N5S. The zero-order valence-corrected chi connectivity index (χ0v) is 16.4. The van der Waals surface area contributed by atoms with Crippen LogP contribution in [0.1, 0.15) is 44.7 Å². The van der Waals surface area contributed by atoms with Gasteiger partial charge in [-0.15, -0.1) is 0 Å². The SMILES string of the molecule is CC(C)n1cnn(CN(C)Cc2ccccc2N2CCCCC2)c1=S. The van der Waals surface area contributed by atoms with Crippen LogP contribution in [0.25, 0.3) is 0 Å². The van der Waals surface area contributed by atoms with Gasteiger partial charge < -0.3 is 9.47 Å². The lowest BCUT2D eigenvalue weighted by Gasteiger charge is -2.31. The fourth-order valence-electron chi connectivity index (χ4n) is 3.46. The second kappa shape index (κ2) is 8.15. The molecule has 0 amide bonds. The molecule has 1 fully saturated rings. The lowest BCUT2D eigenvalue weighted by atomic mass is 10.1. The number of nitrogens with zero attached hydrogens (tertiary/aromatic N) is 5.